The Morgan fingerprint density at radius 1 is 1.18 bits per heavy atom. The number of para-hydroxylation sites is 1. The van der Waals surface area contributed by atoms with Gasteiger partial charge in [-0.15, -0.1) is 0 Å². The number of anilines is 1. The molecule has 1 aromatic carbocycles. The lowest BCUT2D eigenvalue weighted by Gasteiger charge is -2.35. The van der Waals surface area contributed by atoms with E-state index in [-0.39, 0.29) is 0 Å². The van der Waals surface area contributed by atoms with Crippen molar-refractivity contribution in [1.82, 2.24) is 0 Å². The predicted molar refractivity (Wildman–Crippen MR) is 78.3 cm³/mol. The summed E-state index contributed by atoms with van der Waals surface area (Å²) in [4.78, 5) is 0. The zero-order valence-corrected chi connectivity index (χ0v) is 12.3. The molecule has 1 nitrogen and oxygen atoms in total. The van der Waals surface area contributed by atoms with E-state index in [9.17, 15) is 0 Å². The Bertz CT molecular complexity index is 362. The summed E-state index contributed by atoms with van der Waals surface area (Å²) >= 11 is 3.62. The fraction of sp³-hybridized carbons (Fsp3) is 0.600. The summed E-state index contributed by atoms with van der Waals surface area (Å²) in [5.74, 6) is 1.59. The number of rotatable bonds is 3. The molecule has 0 amide bonds. The van der Waals surface area contributed by atoms with Crippen LogP contribution in [-0.2, 0) is 0 Å². The third-order valence-corrected chi connectivity index (χ3v) is 4.58. The van der Waals surface area contributed by atoms with E-state index in [1.165, 1.54) is 35.8 Å². The van der Waals surface area contributed by atoms with Gasteiger partial charge in [-0.3, -0.25) is 0 Å². The van der Waals surface area contributed by atoms with Crippen LogP contribution in [0.5, 0.6) is 0 Å². The van der Waals surface area contributed by atoms with Crippen LogP contribution >= 0.6 is 15.9 Å². The average molecular weight is 296 g/mol. The quantitative estimate of drug-likeness (QED) is 0.820. The molecule has 0 aliphatic heterocycles. The monoisotopic (exact) mass is 295 g/mol. The van der Waals surface area contributed by atoms with Gasteiger partial charge in [0.15, 0.2) is 0 Å². The molecule has 2 unspecified atom stereocenters. The van der Waals surface area contributed by atoms with Crippen molar-refractivity contribution in [2.45, 2.75) is 45.6 Å². The number of nitrogens with one attached hydrogen (secondary N) is 1. The Hall–Kier alpha value is -0.500. The Morgan fingerprint density at radius 2 is 1.88 bits per heavy atom. The second kappa shape index (κ2) is 5.90. The summed E-state index contributed by atoms with van der Waals surface area (Å²) < 4.78 is 1.17. The lowest BCUT2D eigenvalue weighted by Crippen LogP contribution is -2.35. The van der Waals surface area contributed by atoms with Gasteiger partial charge >= 0.3 is 0 Å². The van der Waals surface area contributed by atoms with Gasteiger partial charge in [-0.25, -0.2) is 0 Å². The van der Waals surface area contributed by atoms with Crippen LogP contribution in [0.4, 0.5) is 5.69 Å². The number of hydrogen-bond donors (Lipinski definition) is 1. The summed E-state index contributed by atoms with van der Waals surface area (Å²) in [6, 6.07) is 9.07. The van der Waals surface area contributed by atoms with Gasteiger partial charge in [0, 0.05) is 16.2 Å². The van der Waals surface area contributed by atoms with E-state index in [4.69, 9.17) is 0 Å². The van der Waals surface area contributed by atoms with Crippen LogP contribution in [0.25, 0.3) is 0 Å². The standard InChI is InChI=1S/C15H22BrN/c1-11(2)12-7-3-5-9-14(12)17-15-10-6-4-8-13(15)16/h4,6,8,10-12,14,17H,3,5,7,9H2,1-2H3. The summed E-state index contributed by atoms with van der Waals surface area (Å²) in [7, 11) is 0. The lowest BCUT2D eigenvalue weighted by atomic mass is 9.78. The number of hydrogen-bond acceptors (Lipinski definition) is 1. The Labute approximate surface area is 113 Å². The van der Waals surface area contributed by atoms with E-state index in [1.54, 1.807) is 0 Å². The van der Waals surface area contributed by atoms with E-state index < -0.39 is 0 Å². The molecule has 0 radical (unpaired) electrons. The molecule has 1 saturated carbocycles. The Kier molecular flexibility index (Phi) is 4.49. The molecule has 0 spiro atoms. The van der Waals surface area contributed by atoms with Crippen LogP contribution in [0.15, 0.2) is 28.7 Å². The molecule has 1 fully saturated rings. The average Bonchev–Trinajstić information content (AvgIpc) is 2.32. The van der Waals surface area contributed by atoms with Crippen molar-refractivity contribution >= 4 is 21.6 Å². The zero-order valence-electron chi connectivity index (χ0n) is 10.7. The molecular weight excluding hydrogens is 274 g/mol. The molecule has 0 heterocycles. The smallest absolute Gasteiger partial charge is 0.0486 e. The molecule has 2 heteroatoms. The van der Waals surface area contributed by atoms with Gasteiger partial charge in [-0.1, -0.05) is 38.8 Å². The first kappa shape index (κ1) is 12.9. The third kappa shape index (κ3) is 3.25. The fourth-order valence-electron chi connectivity index (χ4n) is 2.91. The highest BCUT2D eigenvalue weighted by Gasteiger charge is 2.27. The topological polar surface area (TPSA) is 12.0 Å². The van der Waals surface area contributed by atoms with Crippen LogP contribution in [0, 0.1) is 11.8 Å². The van der Waals surface area contributed by atoms with Crippen LogP contribution in [0.2, 0.25) is 0 Å². The van der Waals surface area contributed by atoms with E-state index >= 15 is 0 Å². The van der Waals surface area contributed by atoms with Crippen LogP contribution in [0.3, 0.4) is 0 Å². The maximum absolute atomic E-state index is 3.73. The van der Waals surface area contributed by atoms with Crippen molar-refractivity contribution in [1.29, 1.82) is 0 Å². The minimum atomic E-state index is 0.641. The molecule has 0 saturated heterocycles. The largest absolute Gasteiger partial charge is 0.381 e. The highest BCUT2D eigenvalue weighted by atomic mass is 79.9. The second-order valence-electron chi connectivity index (χ2n) is 5.42. The van der Waals surface area contributed by atoms with Crippen molar-refractivity contribution in [3.63, 3.8) is 0 Å². The van der Waals surface area contributed by atoms with E-state index in [2.05, 4.69) is 59.4 Å². The Balaban J connectivity index is 2.08. The van der Waals surface area contributed by atoms with E-state index in [0.29, 0.717) is 6.04 Å². The third-order valence-electron chi connectivity index (χ3n) is 3.89. The first-order chi connectivity index (χ1) is 8.18. The highest BCUT2D eigenvalue weighted by molar-refractivity contribution is 9.10. The van der Waals surface area contributed by atoms with Crippen molar-refractivity contribution in [3.8, 4) is 0 Å². The SMILES string of the molecule is CC(C)C1CCCCC1Nc1ccccc1Br. The minimum absolute atomic E-state index is 0.641. The van der Waals surface area contributed by atoms with Crippen molar-refractivity contribution in [2.75, 3.05) is 5.32 Å². The van der Waals surface area contributed by atoms with Crippen molar-refractivity contribution in [3.05, 3.63) is 28.7 Å². The molecule has 1 aliphatic carbocycles. The molecular formula is C15H22BrN. The molecule has 1 aromatic rings. The summed E-state index contributed by atoms with van der Waals surface area (Å²) in [5.41, 5.74) is 1.24. The van der Waals surface area contributed by atoms with Crippen LogP contribution in [0.1, 0.15) is 39.5 Å². The van der Waals surface area contributed by atoms with Gasteiger partial charge in [0.25, 0.3) is 0 Å². The Morgan fingerprint density at radius 3 is 2.59 bits per heavy atom. The maximum Gasteiger partial charge on any atom is 0.0486 e. The lowest BCUT2D eigenvalue weighted by molar-refractivity contribution is 0.254. The molecule has 2 rings (SSSR count). The predicted octanol–water partition coefficient (Wildman–Crippen LogP) is 5.08. The first-order valence-corrected chi connectivity index (χ1v) is 7.49. The minimum Gasteiger partial charge on any atom is -0.381 e. The molecule has 94 valence electrons. The van der Waals surface area contributed by atoms with Crippen molar-refractivity contribution in [2.24, 2.45) is 11.8 Å². The molecule has 0 bridgehead atoms. The first-order valence-electron chi connectivity index (χ1n) is 6.69. The fourth-order valence-corrected chi connectivity index (χ4v) is 3.31. The molecule has 17 heavy (non-hydrogen) atoms. The molecule has 1 aliphatic rings. The number of benzene rings is 1. The van der Waals surface area contributed by atoms with Crippen LogP contribution in [-0.4, -0.2) is 6.04 Å². The molecule has 2 atom stereocenters. The van der Waals surface area contributed by atoms with Crippen molar-refractivity contribution < 1.29 is 0 Å². The molecule has 1 N–H and O–H groups in total. The molecule has 0 aromatic heterocycles. The number of halogens is 1. The highest BCUT2D eigenvalue weighted by Crippen LogP contribution is 2.33. The van der Waals surface area contributed by atoms with Gasteiger partial charge in [-0.2, -0.15) is 0 Å². The van der Waals surface area contributed by atoms with Gasteiger partial charge in [0.2, 0.25) is 0 Å². The summed E-state index contributed by atoms with van der Waals surface area (Å²) in [6.45, 7) is 4.70. The summed E-state index contributed by atoms with van der Waals surface area (Å²) in [6.07, 6.45) is 5.45. The van der Waals surface area contributed by atoms with Gasteiger partial charge in [0.1, 0.15) is 0 Å². The van der Waals surface area contributed by atoms with Gasteiger partial charge in [0.05, 0.1) is 0 Å². The van der Waals surface area contributed by atoms with Gasteiger partial charge < -0.3 is 5.32 Å². The normalized spacial score (nSPS) is 24.9. The maximum atomic E-state index is 3.73. The van der Waals surface area contributed by atoms with E-state index in [1.807, 2.05) is 0 Å². The van der Waals surface area contributed by atoms with E-state index in [0.717, 1.165) is 11.8 Å². The summed E-state index contributed by atoms with van der Waals surface area (Å²) in [5, 5.41) is 3.73. The van der Waals surface area contributed by atoms with Gasteiger partial charge in [-0.05, 0) is 52.7 Å². The van der Waals surface area contributed by atoms with Crippen LogP contribution < -0.4 is 5.32 Å². The second-order valence-corrected chi connectivity index (χ2v) is 6.28. The zero-order chi connectivity index (χ0) is 12.3.